The number of hydrogen-bond acceptors (Lipinski definition) is 4. The van der Waals surface area contributed by atoms with Crippen LogP contribution >= 0.6 is 0 Å². The Morgan fingerprint density at radius 2 is 2.18 bits per heavy atom. The number of carbonyl (C=O) groups is 1. The van der Waals surface area contributed by atoms with Crippen LogP contribution in [0.15, 0.2) is 18.3 Å². The monoisotopic (exact) mass is 237 g/mol. The van der Waals surface area contributed by atoms with E-state index in [4.69, 9.17) is 9.84 Å². The molecule has 0 saturated carbocycles. The van der Waals surface area contributed by atoms with Crippen LogP contribution in [0.1, 0.15) is 24.1 Å². The van der Waals surface area contributed by atoms with Crippen LogP contribution in [0.5, 0.6) is 0 Å². The minimum atomic E-state index is -0.898. The normalized spacial score (nSPS) is 18.9. The van der Waals surface area contributed by atoms with Crippen LogP contribution in [-0.2, 0) is 21.6 Å². The van der Waals surface area contributed by atoms with Gasteiger partial charge in [-0.3, -0.25) is 9.78 Å². The van der Waals surface area contributed by atoms with Crippen molar-refractivity contribution in [2.45, 2.75) is 24.9 Å². The van der Waals surface area contributed by atoms with Gasteiger partial charge in [0.15, 0.2) is 0 Å². The van der Waals surface area contributed by atoms with Crippen molar-refractivity contribution in [3.05, 3.63) is 29.6 Å². The van der Waals surface area contributed by atoms with Gasteiger partial charge in [0.1, 0.15) is 0 Å². The Hall–Kier alpha value is -1.46. The highest BCUT2D eigenvalue weighted by atomic mass is 16.5. The molecule has 0 atom stereocenters. The fourth-order valence-corrected chi connectivity index (χ4v) is 2.21. The molecule has 2 heterocycles. The molecular formula is C12H15NO4. The molecule has 2 rings (SSSR count). The molecule has 2 N–H and O–H groups in total. The molecule has 0 bridgehead atoms. The molecule has 1 aliphatic heterocycles. The molecule has 17 heavy (non-hydrogen) atoms. The highest BCUT2D eigenvalue weighted by molar-refractivity contribution is 5.81. The van der Waals surface area contributed by atoms with Gasteiger partial charge in [0.2, 0.25) is 0 Å². The Balaban J connectivity index is 2.41. The van der Waals surface area contributed by atoms with Crippen molar-refractivity contribution in [1.29, 1.82) is 0 Å². The first kappa shape index (κ1) is 12.0. The van der Waals surface area contributed by atoms with E-state index in [-0.39, 0.29) is 6.61 Å². The third kappa shape index (κ3) is 2.16. The number of aliphatic carboxylic acids is 1. The summed E-state index contributed by atoms with van der Waals surface area (Å²) in [4.78, 5) is 15.5. The molecule has 0 amide bonds. The maximum atomic E-state index is 11.5. The fraction of sp³-hybridized carbons (Fsp3) is 0.500. The van der Waals surface area contributed by atoms with Crippen LogP contribution in [-0.4, -0.2) is 34.4 Å². The second-order valence-corrected chi connectivity index (χ2v) is 4.19. The SMILES string of the molecule is O=C(O)C1(c2ccnc(CO)c2)CCOCC1. The van der Waals surface area contributed by atoms with Gasteiger partial charge in [-0.15, -0.1) is 0 Å². The number of aliphatic hydroxyl groups is 1. The summed E-state index contributed by atoms with van der Waals surface area (Å²) in [5.41, 5.74) is 0.299. The van der Waals surface area contributed by atoms with Crippen molar-refractivity contribution in [2.75, 3.05) is 13.2 Å². The maximum absolute atomic E-state index is 11.5. The van der Waals surface area contributed by atoms with E-state index in [0.29, 0.717) is 37.3 Å². The number of carboxylic acid groups (broad SMARTS) is 1. The van der Waals surface area contributed by atoms with E-state index >= 15 is 0 Å². The number of carboxylic acids is 1. The van der Waals surface area contributed by atoms with Crippen LogP contribution < -0.4 is 0 Å². The largest absolute Gasteiger partial charge is 0.481 e. The second kappa shape index (κ2) is 4.81. The van der Waals surface area contributed by atoms with Crippen molar-refractivity contribution in [3.63, 3.8) is 0 Å². The molecule has 5 nitrogen and oxygen atoms in total. The van der Waals surface area contributed by atoms with Crippen LogP contribution in [0.25, 0.3) is 0 Å². The number of pyridine rings is 1. The summed E-state index contributed by atoms with van der Waals surface area (Å²) in [6, 6.07) is 3.37. The summed E-state index contributed by atoms with van der Waals surface area (Å²) in [5, 5.41) is 18.5. The van der Waals surface area contributed by atoms with Crippen molar-refractivity contribution in [1.82, 2.24) is 4.98 Å². The summed E-state index contributed by atoms with van der Waals surface area (Å²) in [7, 11) is 0. The second-order valence-electron chi connectivity index (χ2n) is 4.19. The lowest BCUT2D eigenvalue weighted by molar-refractivity contribution is -0.147. The summed E-state index contributed by atoms with van der Waals surface area (Å²) >= 11 is 0. The van der Waals surface area contributed by atoms with E-state index in [9.17, 15) is 9.90 Å². The number of ether oxygens (including phenoxy) is 1. The van der Waals surface area contributed by atoms with Crippen LogP contribution in [0.2, 0.25) is 0 Å². The van der Waals surface area contributed by atoms with Gasteiger partial charge in [-0.05, 0) is 30.5 Å². The van der Waals surface area contributed by atoms with Crippen LogP contribution in [0.3, 0.4) is 0 Å². The number of aromatic nitrogens is 1. The smallest absolute Gasteiger partial charge is 0.314 e. The lowest BCUT2D eigenvalue weighted by Gasteiger charge is -2.33. The quantitative estimate of drug-likeness (QED) is 0.809. The number of rotatable bonds is 3. The predicted octanol–water partition coefficient (Wildman–Crippen LogP) is 0.707. The first-order valence-corrected chi connectivity index (χ1v) is 5.56. The molecule has 0 aliphatic carbocycles. The number of nitrogens with zero attached hydrogens (tertiary/aromatic N) is 1. The lowest BCUT2D eigenvalue weighted by Crippen LogP contribution is -2.41. The van der Waals surface area contributed by atoms with Crippen LogP contribution in [0, 0.1) is 0 Å². The third-order valence-corrected chi connectivity index (χ3v) is 3.29. The van der Waals surface area contributed by atoms with Crippen molar-refractivity contribution in [2.24, 2.45) is 0 Å². The molecule has 1 fully saturated rings. The number of hydrogen-bond donors (Lipinski definition) is 2. The number of aliphatic hydroxyl groups excluding tert-OH is 1. The summed E-state index contributed by atoms with van der Waals surface area (Å²) in [6.07, 6.45) is 2.45. The van der Waals surface area contributed by atoms with E-state index in [2.05, 4.69) is 4.98 Å². The molecule has 0 spiro atoms. The van der Waals surface area contributed by atoms with Gasteiger partial charge < -0.3 is 14.9 Å². The molecular weight excluding hydrogens is 222 g/mol. The lowest BCUT2D eigenvalue weighted by atomic mass is 9.74. The zero-order valence-corrected chi connectivity index (χ0v) is 9.43. The zero-order chi connectivity index (χ0) is 12.3. The molecule has 1 saturated heterocycles. The summed E-state index contributed by atoms with van der Waals surface area (Å²) in [5.74, 6) is -0.837. The molecule has 1 aromatic rings. The Bertz CT molecular complexity index is 413. The fourth-order valence-electron chi connectivity index (χ4n) is 2.21. The standard InChI is InChI=1S/C12H15NO4/c14-8-10-7-9(1-4-13-10)12(11(15)16)2-5-17-6-3-12/h1,4,7,14H,2-3,5-6,8H2,(H,15,16). The van der Waals surface area contributed by atoms with Gasteiger partial charge in [-0.1, -0.05) is 0 Å². The molecule has 0 unspecified atom stereocenters. The average molecular weight is 237 g/mol. The molecule has 0 radical (unpaired) electrons. The van der Waals surface area contributed by atoms with Gasteiger partial charge in [0.25, 0.3) is 0 Å². The Labute approximate surface area is 99.1 Å². The summed E-state index contributed by atoms with van der Waals surface area (Å²) < 4.78 is 5.22. The van der Waals surface area contributed by atoms with E-state index in [1.807, 2.05) is 0 Å². The first-order valence-electron chi connectivity index (χ1n) is 5.56. The average Bonchev–Trinajstić information content (AvgIpc) is 2.39. The van der Waals surface area contributed by atoms with Gasteiger partial charge in [-0.25, -0.2) is 0 Å². The van der Waals surface area contributed by atoms with E-state index < -0.39 is 11.4 Å². The molecule has 92 valence electrons. The highest BCUT2D eigenvalue weighted by Gasteiger charge is 2.42. The van der Waals surface area contributed by atoms with E-state index in [0.717, 1.165) is 0 Å². The van der Waals surface area contributed by atoms with Crippen LogP contribution in [0.4, 0.5) is 0 Å². The van der Waals surface area contributed by atoms with Crippen molar-refractivity contribution < 1.29 is 19.7 Å². The highest BCUT2D eigenvalue weighted by Crippen LogP contribution is 2.35. The van der Waals surface area contributed by atoms with Gasteiger partial charge in [0, 0.05) is 19.4 Å². The van der Waals surface area contributed by atoms with Gasteiger partial charge >= 0.3 is 5.97 Å². The molecule has 1 aromatic heterocycles. The minimum Gasteiger partial charge on any atom is -0.481 e. The summed E-state index contributed by atoms with van der Waals surface area (Å²) in [6.45, 7) is 0.714. The Kier molecular flexibility index (Phi) is 3.40. The molecule has 5 heteroatoms. The topological polar surface area (TPSA) is 79.7 Å². The predicted molar refractivity (Wildman–Crippen MR) is 59.5 cm³/mol. The third-order valence-electron chi connectivity index (χ3n) is 3.29. The minimum absolute atomic E-state index is 0.181. The van der Waals surface area contributed by atoms with Crippen molar-refractivity contribution in [3.8, 4) is 0 Å². The molecule has 1 aliphatic rings. The Morgan fingerprint density at radius 3 is 2.76 bits per heavy atom. The first-order chi connectivity index (χ1) is 8.19. The Morgan fingerprint density at radius 1 is 1.47 bits per heavy atom. The van der Waals surface area contributed by atoms with Crippen molar-refractivity contribution >= 4 is 5.97 Å². The van der Waals surface area contributed by atoms with Gasteiger partial charge in [0.05, 0.1) is 17.7 Å². The van der Waals surface area contributed by atoms with Gasteiger partial charge in [-0.2, -0.15) is 0 Å². The zero-order valence-electron chi connectivity index (χ0n) is 9.43. The van der Waals surface area contributed by atoms with E-state index in [1.165, 1.54) is 0 Å². The maximum Gasteiger partial charge on any atom is 0.314 e. The molecule has 0 aromatic carbocycles. The van der Waals surface area contributed by atoms with E-state index in [1.54, 1.807) is 18.3 Å².